The minimum Gasteiger partial charge on any atom is -0.477 e. The van der Waals surface area contributed by atoms with Crippen LogP contribution in [-0.4, -0.2) is 53.7 Å². The number of aromatic nitrogens is 1. The van der Waals surface area contributed by atoms with Gasteiger partial charge in [0.1, 0.15) is 11.1 Å². The highest BCUT2D eigenvalue weighted by Crippen LogP contribution is 2.19. The van der Waals surface area contributed by atoms with Crippen LogP contribution in [0.15, 0.2) is 17.2 Å². The van der Waals surface area contributed by atoms with Gasteiger partial charge in [-0.25, -0.2) is 18.4 Å². The predicted molar refractivity (Wildman–Crippen MR) is 90.0 cm³/mol. The molecule has 0 aromatic carbocycles. The molecule has 0 spiro atoms. The van der Waals surface area contributed by atoms with Crippen molar-refractivity contribution in [1.82, 2.24) is 9.47 Å². The van der Waals surface area contributed by atoms with Gasteiger partial charge in [-0.05, 0) is 26.2 Å². The summed E-state index contributed by atoms with van der Waals surface area (Å²) in [5, 5.41) is 14.2. The molecule has 1 aromatic rings. The number of carbonyl (C=O) groups excluding carboxylic acids is 1. The molecule has 9 nitrogen and oxygen atoms in total. The zero-order valence-electron chi connectivity index (χ0n) is 14.0. The average molecular weight is 371 g/mol. The van der Waals surface area contributed by atoms with Crippen molar-refractivity contribution >= 4 is 21.9 Å². The number of carboxylic acids is 1. The summed E-state index contributed by atoms with van der Waals surface area (Å²) in [6, 6.07) is -0.140. The van der Waals surface area contributed by atoms with Crippen molar-refractivity contribution < 1.29 is 23.1 Å². The van der Waals surface area contributed by atoms with Gasteiger partial charge in [0.25, 0.3) is 5.91 Å². The summed E-state index contributed by atoms with van der Waals surface area (Å²) in [6.45, 7) is 4.04. The molecule has 0 aliphatic carbocycles. The number of pyridine rings is 1. The van der Waals surface area contributed by atoms with Gasteiger partial charge in [0.2, 0.25) is 15.5 Å². The SMILES string of the molecule is CC(C)n1cc(C(=O)O)c(=O)c(C(=O)N2CC[C@@H](CS(N)(=O)=O)C2)c1. The van der Waals surface area contributed by atoms with Crippen LogP contribution >= 0.6 is 0 Å². The number of nitrogens with zero attached hydrogens (tertiary/aromatic N) is 2. The van der Waals surface area contributed by atoms with Crippen LogP contribution < -0.4 is 10.6 Å². The molecular formula is C15H21N3O6S. The van der Waals surface area contributed by atoms with Gasteiger partial charge in [0.05, 0.1) is 5.75 Å². The van der Waals surface area contributed by atoms with E-state index in [0.717, 1.165) is 0 Å². The van der Waals surface area contributed by atoms with Crippen LogP contribution in [0.2, 0.25) is 0 Å². The van der Waals surface area contributed by atoms with E-state index in [0.29, 0.717) is 6.42 Å². The highest BCUT2D eigenvalue weighted by atomic mass is 32.2. The molecule has 0 unspecified atom stereocenters. The van der Waals surface area contributed by atoms with E-state index in [1.807, 2.05) is 0 Å². The van der Waals surface area contributed by atoms with Gasteiger partial charge in [-0.1, -0.05) is 0 Å². The maximum absolute atomic E-state index is 12.7. The summed E-state index contributed by atoms with van der Waals surface area (Å²) in [5.41, 5.74) is -1.55. The molecule has 0 saturated carbocycles. The zero-order chi connectivity index (χ0) is 18.9. The Kier molecular flexibility index (Phi) is 5.33. The molecular weight excluding hydrogens is 350 g/mol. The molecule has 1 atom stereocenters. The predicted octanol–water partition coefficient (Wildman–Crippen LogP) is -0.122. The molecule has 1 aliphatic rings. The second kappa shape index (κ2) is 6.96. The van der Waals surface area contributed by atoms with Crippen LogP contribution in [0, 0.1) is 5.92 Å². The normalized spacial score (nSPS) is 17.9. The van der Waals surface area contributed by atoms with Crippen molar-refractivity contribution in [2.24, 2.45) is 11.1 Å². The standard InChI is InChI=1S/C15H21N3O6S/c1-9(2)18-6-11(13(19)12(7-18)15(21)22)14(20)17-4-3-10(5-17)8-25(16,23)24/h6-7,9-10H,3-5,8H2,1-2H3,(H,21,22)(H2,16,23,24)/t10-/m1/s1. The molecule has 1 fully saturated rings. The summed E-state index contributed by atoms with van der Waals surface area (Å²) in [6.07, 6.45) is 3.01. The van der Waals surface area contributed by atoms with Crippen molar-refractivity contribution in [2.45, 2.75) is 26.3 Å². The highest BCUT2D eigenvalue weighted by Gasteiger charge is 2.31. The van der Waals surface area contributed by atoms with Crippen molar-refractivity contribution in [1.29, 1.82) is 0 Å². The Morgan fingerprint density at radius 3 is 2.44 bits per heavy atom. The first-order valence-corrected chi connectivity index (χ1v) is 9.50. The summed E-state index contributed by atoms with van der Waals surface area (Å²) in [5.74, 6) is -2.53. The van der Waals surface area contributed by atoms with Crippen molar-refractivity contribution in [2.75, 3.05) is 18.8 Å². The number of aromatic carboxylic acids is 1. The van der Waals surface area contributed by atoms with E-state index >= 15 is 0 Å². The topological polar surface area (TPSA) is 140 Å². The molecule has 0 bridgehead atoms. The lowest BCUT2D eigenvalue weighted by molar-refractivity contribution is 0.0694. The fraction of sp³-hybridized carbons (Fsp3) is 0.533. The Balaban J connectivity index is 2.33. The van der Waals surface area contributed by atoms with E-state index in [1.54, 1.807) is 13.8 Å². The van der Waals surface area contributed by atoms with Crippen molar-refractivity contribution in [3.63, 3.8) is 0 Å². The molecule has 25 heavy (non-hydrogen) atoms. The number of hydrogen-bond acceptors (Lipinski definition) is 5. The second-order valence-corrected chi connectivity index (χ2v) is 8.16. The number of hydrogen-bond donors (Lipinski definition) is 2. The molecule has 10 heteroatoms. The average Bonchev–Trinajstić information content (AvgIpc) is 2.92. The Hall–Kier alpha value is -2.20. The third-order valence-electron chi connectivity index (χ3n) is 4.14. The number of likely N-dealkylation sites (tertiary alicyclic amines) is 1. The number of sulfonamides is 1. The van der Waals surface area contributed by atoms with Crippen LogP contribution in [0.1, 0.15) is 47.0 Å². The van der Waals surface area contributed by atoms with E-state index < -0.39 is 32.9 Å². The number of primary sulfonamides is 1. The van der Waals surface area contributed by atoms with Crippen LogP contribution in [0.25, 0.3) is 0 Å². The van der Waals surface area contributed by atoms with Gasteiger partial charge in [-0.2, -0.15) is 0 Å². The lowest BCUT2D eigenvalue weighted by Gasteiger charge is -2.18. The molecule has 1 amide bonds. The number of rotatable bonds is 5. The Bertz CT molecular complexity index is 859. The monoisotopic (exact) mass is 371 g/mol. The number of carbonyl (C=O) groups is 2. The maximum Gasteiger partial charge on any atom is 0.341 e. The molecule has 1 aliphatic heterocycles. The zero-order valence-corrected chi connectivity index (χ0v) is 14.8. The quantitative estimate of drug-likeness (QED) is 0.739. The largest absolute Gasteiger partial charge is 0.477 e. The van der Waals surface area contributed by atoms with Gasteiger partial charge >= 0.3 is 5.97 Å². The van der Waals surface area contributed by atoms with Crippen LogP contribution in [0.5, 0.6) is 0 Å². The third-order valence-corrected chi connectivity index (χ3v) is 5.08. The first kappa shape index (κ1) is 19.1. The van der Waals surface area contributed by atoms with Crippen molar-refractivity contribution in [3.8, 4) is 0 Å². The van der Waals surface area contributed by atoms with Gasteiger partial charge < -0.3 is 14.6 Å². The first-order valence-electron chi connectivity index (χ1n) is 7.78. The Morgan fingerprint density at radius 1 is 1.32 bits per heavy atom. The molecule has 138 valence electrons. The summed E-state index contributed by atoms with van der Waals surface area (Å²) in [4.78, 5) is 37.7. The first-order chi connectivity index (χ1) is 11.5. The molecule has 0 radical (unpaired) electrons. The summed E-state index contributed by atoms with van der Waals surface area (Å²) in [7, 11) is -3.65. The lowest BCUT2D eigenvalue weighted by Crippen LogP contribution is -2.35. The smallest absolute Gasteiger partial charge is 0.341 e. The van der Waals surface area contributed by atoms with E-state index in [-0.39, 0.29) is 36.4 Å². The van der Waals surface area contributed by atoms with Gasteiger partial charge in [0.15, 0.2) is 0 Å². The Labute approximate surface area is 145 Å². The van der Waals surface area contributed by atoms with Crippen LogP contribution in [-0.2, 0) is 10.0 Å². The molecule has 2 rings (SSSR count). The van der Waals surface area contributed by atoms with Crippen molar-refractivity contribution in [3.05, 3.63) is 33.7 Å². The summed E-state index contributed by atoms with van der Waals surface area (Å²) < 4.78 is 23.9. The maximum atomic E-state index is 12.7. The molecule has 1 aromatic heterocycles. The van der Waals surface area contributed by atoms with Crippen LogP contribution in [0.3, 0.4) is 0 Å². The highest BCUT2D eigenvalue weighted by molar-refractivity contribution is 7.89. The fourth-order valence-corrected chi connectivity index (χ4v) is 3.78. The Morgan fingerprint density at radius 2 is 1.92 bits per heavy atom. The minimum atomic E-state index is -3.65. The second-order valence-electron chi connectivity index (χ2n) is 6.50. The fourth-order valence-electron chi connectivity index (χ4n) is 2.85. The molecule has 3 N–H and O–H groups in total. The van der Waals surface area contributed by atoms with E-state index in [4.69, 9.17) is 5.14 Å². The van der Waals surface area contributed by atoms with Gasteiger partial charge in [0, 0.05) is 31.5 Å². The number of carboxylic acid groups (broad SMARTS) is 1. The summed E-state index contributed by atoms with van der Waals surface area (Å²) >= 11 is 0. The molecule has 2 heterocycles. The van der Waals surface area contributed by atoms with Gasteiger partial charge in [-0.3, -0.25) is 9.59 Å². The lowest BCUT2D eigenvalue weighted by atomic mass is 10.1. The van der Waals surface area contributed by atoms with E-state index in [9.17, 15) is 27.9 Å². The number of amides is 1. The molecule has 1 saturated heterocycles. The third kappa shape index (κ3) is 4.45. The van der Waals surface area contributed by atoms with E-state index in [1.165, 1.54) is 21.9 Å². The number of nitrogens with two attached hydrogens (primary N) is 1. The van der Waals surface area contributed by atoms with Crippen LogP contribution in [0.4, 0.5) is 0 Å². The van der Waals surface area contributed by atoms with E-state index in [2.05, 4.69) is 0 Å². The minimum absolute atomic E-state index is 0.140. The van der Waals surface area contributed by atoms with Gasteiger partial charge in [-0.15, -0.1) is 0 Å².